The molecule has 1 aliphatic heterocycles. The SMILES string of the molecule is N#Cc1ccc(N2CCC(CC(=O)O)C2)c(Br)c1. The lowest BCUT2D eigenvalue weighted by molar-refractivity contribution is -0.137. The molecule has 1 atom stereocenters. The molecule has 0 aromatic heterocycles. The van der Waals surface area contributed by atoms with Crippen molar-refractivity contribution in [3.8, 4) is 6.07 Å². The molecule has 1 fully saturated rings. The summed E-state index contributed by atoms with van der Waals surface area (Å²) < 4.78 is 0.887. The highest BCUT2D eigenvalue weighted by atomic mass is 79.9. The first-order valence-electron chi connectivity index (χ1n) is 5.76. The van der Waals surface area contributed by atoms with E-state index in [1.807, 2.05) is 6.07 Å². The van der Waals surface area contributed by atoms with Gasteiger partial charge in [-0.1, -0.05) is 0 Å². The molecule has 18 heavy (non-hydrogen) atoms. The molecule has 0 amide bonds. The zero-order valence-corrected chi connectivity index (χ0v) is 11.4. The van der Waals surface area contributed by atoms with Gasteiger partial charge in [-0.3, -0.25) is 4.79 Å². The van der Waals surface area contributed by atoms with E-state index in [-0.39, 0.29) is 12.3 Å². The number of hydrogen-bond acceptors (Lipinski definition) is 3. The lowest BCUT2D eigenvalue weighted by atomic mass is 10.1. The molecule has 1 aromatic rings. The number of rotatable bonds is 3. The summed E-state index contributed by atoms with van der Waals surface area (Å²) in [5, 5.41) is 17.6. The van der Waals surface area contributed by atoms with Gasteiger partial charge in [-0.15, -0.1) is 0 Å². The molecule has 94 valence electrons. The van der Waals surface area contributed by atoms with Crippen LogP contribution in [0.25, 0.3) is 0 Å². The smallest absolute Gasteiger partial charge is 0.303 e. The van der Waals surface area contributed by atoms with Crippen molar-refractivity contribution in [3.63, 3.8) is 0 Å². The van der Waals surface area contributed by atoms with Gasteiger partial charge in [0.1, 0.15) is 0 Å². The fraction of sp³-hybridized carbons (Fsp3) is 0.385. The van der Waals surface area contributed by atoms with Crippen molar-refractivity contribution in [2.24, 2.45) is 5.92 Å². The molecule has 0 bridgehead atoms. The van der Waals surface area contributed by atoms with E-state index >= 15 is 0 Å². The Bertz CT molecular complexity index is 510. The Morgan fingerprint density at radius 2 is 2.39 bits per heavy atom. The van der Waals surface area contributed by atoms with Crippen molar-refractivity contribution in [2.45, 2.75) is 12.8 Å². The van der Waals surface area contributed by atoms with Crippen LogP contribution in [0.2, 0.25) is 0 Å². The third kappa shape index (κ3) is 2.82. The third-order valence-electron chi connectivity index (χ3n) is 3.17. The zero-order valence-electron chi connectivity index (χ0n) is 9.77. The molecule has 0 radical (unpaired) electrons. The van der Waals surface area contributed by atoms with Crippen LogP contribution >= 0.6 is 15.9 Å². The molecule has 5 heteroatoms. The molecule has 1 N–H and O–H groups in total. The van der Waals surface area contributed by atoms with Crippen molar-refractivity contribution >= 4 is 27.6 Å². The van der Waals surface area contributed by atoms with Crippen molar-refractivity contribution in [3.05, 3.63) is 28.2 Å². The van der Waals surface area contributed by atoms with E-state index in [0.717, 1.165) is 29.7 Å². The lowest BCUT2D eigenvalue weighted by Crippen LogP contribution is -2.20. The molecular weight excluding hydrogens is 296 g/mol. The molecule has 4 nitrogen and oxygen atoms in total. The number of carboxylic acids is 1. The van der Waals surface area contributed by atoms with Gasteiger partial charge in [0.25, 0.3) is 0 Å². The Hall–Kier alpha value is -1.54. The number of nitrogens with zero attached hydrogens (tertiary/aromatic N) is 2. The van der Waals surface area contributed by atoms with Crippen LogP contribution in [0.1, 0.15) is 18.4 Å². The van der Waals surface area contributed by atoms with Crippen LogP contribution in [0.5, 0.6) is 0 Å². The predicted octanol–water partition coefficient (Wildman–Crippen LogP) is 2.62. The first-order chi connectivity index (χ1) is 8.60. The van der Waals surface area contributed by atoms with Crippen LogP contribution in [-0.2, 0) is 4.79 Å². The standard InChI is InChI=1S/C13H13BrN2O2/c14-11-5-9(7-15)1-2-12(11)16-4-3-10(8-16)6-13(17)18/h1-2,5,10H,3-4,6,8H2,(H,17,18). The van der Waals surface area contributed by atoms with E-state index in [4.69, 9.17) is 10.4 Å². The summed E-state index contributed by atoms with van der Waals surface area (Å²) in [5.74, 6) is -0.522. The summed E-state index contributed by atoms with van der Waals surface area (Å²) >= 11 is 3.46. The average molecular weight is 309 g/mol. The fourth-order valence-electron chi connectivity index (χ4n) is 2.30. The van der Waals surface area contributed by atoms with E-state index in [9.17, 15) is 4.79 Å². The van der Waals surface area contributed by atoms with Gasteiger partial charge in [0.2, 0.25) is 0 Å². The first-order valence-corrected chi connectivity index (χ1v) is 6.56. The van der Waals surface area contributed by atoms with E-state index < -0.39 is 5.97 Å². The molecule has 2 rings (SSSR count). The molecule has 1 aromatic carbocycles. The summed E-state index contributed by atoms with van der Waals surface area (Å²) in [6.07, 6.45) is 1.13. The number of aliphatic carboxylic acids is 1. The molecule has 0 spiro atoms. The van der Waals surface area contributed by atoms with Gasteiger partial charge in [-0.2, -0.15) is 5.26 Å². The number of carbonyl (C=O) groups is 1. The van der Waals surface area contributed by atoms with Gasteiger partial charge in [-0.25, -0.2) is 0 Å². The monoisotopic (exact) mass is 308 g/mol. The number of carboxylic acid groups (broad SMARTS) is 1. The summed E-state index contributed by atoms with van der Waals surface area (Å²) in [4.78, 5) is 12.9. The van der Waals surface area contributed by atoms with Crippen LogP contribution in [0.3, 0.4) is 0 Å². The van der Waals surface area contributed by atoms with Crippen molar-refractivity contribution in [1.82, 2.24) is 0 Å². The minimum Gasteiger partial charge on any atom is -0.481 e. The Kier molecular flexibility index (Phi) is 3.87. The Morgan fingerprint density at radius 1 is 1.61 bits per heavy atom. The number of nitriles is 1. The Balaban J connectivity index is 2.10. The summed E-state index contributed by atoms with van der Waals surface area (Å²) in [6.45, 7) is 1.62. The van der Waals surface area contributed by atoms with E-state index in [1.165, 1.54) is 0 Å². The van der Waals surface area contributed by atoms with Crippen LogP contribution < -0.4 is 4.90 Å². The van der Waals surface area contributed by atoms with Crippen LogP contribution in [0.15, 0.2) is 22.7 Å². The highest BCUT2D eigenvalue weighted by Gasteiger charge is 2.25. The maximum absolute atomic E-state index is 10.7. The Morgan fingerprint density at radius 3 is 3.00 bits per heavy atom. The van der Waals surface area contributed by atoms with Crippen LogP contribution in [0.4, 0.5) is 5.69 Å². The van der Waals surface area contributed by atoms with Crippen LogP contribution in [-0.4, -0.2) is 24.2 Å². The summed E-state index contributed by atoms with van der Waals surface area (Å²) in [5.41, 5.74) is 1.65. The largest absolute Gasteiger partial charge is 0.481 e. The van der Waals surface area contributed by atoms with Gasteiger partial charge >= 0.3 is 5.97 Å². The molecular formula is C13H13BrN2O2. The molecule has 1 heterocycles. The van der Waals surface area contributed by atoms with E-state index in [2.05, 4.69) is 26.9 Å². The minimum absolute atomic E-state index is 0.213. The predicted molar refractivity (Wildman–Crippen MR) is 71.4 cm³/mol. The van der Waals surface area contributed by atoms with E-state index in [1.54, 1.807) is 12.1 Å². The van der Waals surface area contributed by atoms with Gasteiger partial charge in [-0.05, 0) is 46.5 Å². The Labute approximate surface area is 114 Å². The normalized spacial score (nSPS) is 18.7. The molecule has 0 saturated carbocycles. The summed E-state index contributed by atoms with van der Waals surface area (Å²) in [6, 6.07) is 7.58. The number of benzene rings is 1. The second kappa shape index (κ2) is 5.40. The highest BCUT2D eigenvalue weighted by Crippen LogP contribution is 2.32. The topological polar surface area (TPSA) is 64.3 Å². The highest BCUT2D eigenvalue weighted by molar-refractivity contribution is 9.10. The third-order valence-corrected chi connectivity index (χ3v) is 3.80. The molecule has 0 aliphatic carbocycles. The number of hydrogen-bond donors (Lipinski definition) is 1. The van der Waals surface area contributed by atoms with Crippen LogP contribution in [0, 0.1) is 17.2 Å². The fourth-order valence-corrected chi connectivity index (χ4v) is 2.93. The average Bonchev–Trinajstić information content (AvgIpc) is 2.76. The maximum atomic E-state index is 10.7. The van der Waals surface area contributed by atoms with Crippen molar-refractivity contribution < 1.29 is 9.90 Å². The molecule has 1 unspecified atom stereocenters. The minimum atomic E-state index is -0.735. The van der Waals surface area contributed by atoms with Gasteiger partial charge < -0.3 is 10.0 Å². The summed E-state index contributed by atoms with van der Waals surface area (Å²) in [7, 11) is 0. The van der Waals surface area contributed by atoms with Gasteiger partial charge in [0.05, 0.1) is 17.3 Å². The quantitative estimate of drug-likeness (QED) is 0.932. The van der Waals surface area contributed by atoms with Gasteiger partial charge in [0.15, 0.2) is 0 Å². The first kappa shape index (κ1) is 12.9. The zero-order chi connectivity index (χ0) is 13.1. The molecule has 1 saturated heterocycles. The second-order valence-electron chi connectivity index (χ2n) is 4.48. The number of halogens is 1. The van der Waals surface area contributed by atoms with Gasteiger partial charge in [0, 0.05) is 24.0 Å². The second-order valence-corrected chi connectivity index (χ2v) is 5.33. The number of anilines is 1. The maximum Gasteiger partial charge on any atom is 0.303 e. The molecule has 1 aliphatic rings. The lowest BCUT2D eigenvalue weighted by Gasteiger charge is -2.20. The van der Waals surface area contributed by atoms with E-state index in [0.29, 0.717) is 5.56 Å². The van der Waals surface area contributed by atoms with Crippen molar-refractivity contribution in [1.29, 1.82) is 5.26 Å². The van der Waals surface area contributed by atoms with Crippen molar-refractivity contribution in [2.75, 3.05) is 18.0 Å².